The third-order valence-electron chi connectivity index (χ3n) is 9.30. The molecule has 48 heavy (non-hydrogen) atoms. The molecule has 0 saturated heterocycles. The molecule has 9 rings (SSSR count). The van der Waals surface area contributed by atoms with E-state index in [4.69, 9.17) is 9.97 Å². The van der Waals surface area contributed by atoms with Crippen LogP contribution in [0.4, 0.5) is 0 Å². The zero-order valence-electron chi connectivity index (χ0n) is 26.4. The molecule has 0 radical (unpaired) electrons. The zero-order valence-corrected chi connectivity index (χ0v) is 26.4. The van der Waals surface area contributed by atoms with Crippen LogP contribution in [-0.4, -0.2) is 19.5 Å². The molecule has 4 aromatic heterocycles. The molecule has 5 aromatic carbocycles. The molecule has 0 aliphatic carbocycles. The largest absolute Gasteiger partial charge is 0.294 e. The highest BCUT2D eigenvalue weighted by Crippen LogP contribution is 2.40. The fourth-order valence-corrected chi connectivity index (χ4v) is 7.20. The minimum absolute atomic E-state index is 0.802. The molecule has 4 nitrogen and oxygen atoms in total. The molecule has 0 atom stereocenters. The van der Waals surface area contributed by atoms with Gasteiger partial charge >= 0.3 is 0 Å². The van der Waals surface area contributed by atoms with Crippen molar-refractivity contribution < 1.29 is 0 Å². The molecule has 0 unspecified atom stereocenters. The SMILES string of the molecule is C=Cc1c(/C=C\C)n(-c2cccc(-c3cc(-c4ccccn4)nc(-c4ccc5ccc6cccc7ccc4c5c67)c3)n2)c2ccccc12. The van der Waals surface area contributed by atoms with Gasteiger partial charge in [-0.15, -0.1) is 0 Å². The first kappa shape index (κ1) is 27.9. The van der Waals surface area contributed by atoms with Crippen molar-refractivity contribution in [2.45, 2.75) is 6.92 Å². The average molecular weight is 615 g/mol. The molecule has 0 aliphatic heterocycles. The fourth-order valence-electron chi connectivity index (χ4n) is 7.20. The van der Waals surface area contributed by atoms with E-state index in [2.05, 4.69) is 137 Å². The van der Waals surface area contributed by atoms with Gasteiger partial charge in [-0.25, -0.2) is 9.97 Å². The van der Waals surface area contributed by atoms with E-state index in [1.165, 1.54) is 32.3 Å². The molecule has 0 N–H and O–H groups in total. The molecule has 9 aromatic rings. The van der Waals surface area contributed by atoms with Crippen LogP contribution in [0.1, 0.15) is 18.2 Å². The molecule has 0 saturated carbocycles. The number of hydrogen-bond acceptors (Lipinski definition) is 3. The lowest BCUT2D eigenvalue weighted by atomic mass is 9.90. The number of para-hydroxylation sites is 1. The Morgan fingerprint density at radius 3 is 2.15 bits per heavy atom. The van der Waals surface area contributed by atoms with E-state index in [0.717, 1.165) is 61.9 Å². The quantitative estimate of drug-likeness (QED) is 0.175. The van der Waals surface area contributed by atoms with Crippen molar-refractivity contribution >= 4 is 55.4 Å². The lowest BCUT2D eigenvalue weighted by Crippen LogP contribution is -2.01. The zero-order chi connectivity index (χ0) is 32.2. The monoisotopic (exact) mass is 614 g/mol. The Bertz CT molecular complexity index is 2680. The van der Waals surface area contributed by atoms with Crippen LogP contribution in [-0.2, 0) is 0 Å². The Morgan fingerprint density at radius 2 is 1.33 bits per heavy atom. The maximum Gasteiger partial charge on any atom is 0.138 e. The number of aromatic nitrogens is 4. The Balaban J connectivity index is 1.28. The number of fused-ring (bicyclic) bond motifs is 1. The van der Waals surface area contributed by atoms with E-state index in [1.807, 2.05) is 37.4 Å². The lowest BCUT2D eigenvalue weighted by molar-refractivity contribution is 1.03. The third kappa shape index (κ3) is 4.34. The molecule has 0 aliphatic rings. The molecule has 0 amide bonds. The number of rotatable bonds is 6. The summed E-state index contributed by atoms with van der Waals surface area (Å²) in [6.07, 6.45) is 7.94. The molecular weight excluding hydrogens is 585 g/mol. The second kappa shape index (κ2) is 11.1. The van der Waals surface area contributed by atoms with Gasteiger partial charge in [0.15, 0.2) is 0 Å². The van der Waals surface area contributed by atoms with E-state index >= 15 is 0 Å². The normalized spacial score (nSPS) is 11.9. The Morgan fingerprint density at radius 1 is 0.604 bits per heavy atom. The van der Waals surface area contributed by atoms with Gasteiger partial charge in [-0.05, 0) is 87.8 Å². The van der Waals surface area contributed by atoms with Crippen LogP contribution in [0, 0.1) is 0 Å². The Labute approximate surface area is 278 Å². The molecular formula is C44H30N4. The number of hydrogen-bond donors (Lipinski definition) is 0. The highest BCUT2D eigenvalue weighted by Gasteiger charge is 2.18. The van der Waals surface area contributed by atoms with Gasteiger partial charge in [0.2, 0.25) is 0 Å². The fraction of sp³-hybridized carbons (Fsp3) is 0.0227. The van der Waals surface area contributed by atoms with E-state index in [1.54, 1.807) is 0 Å². The summed E-state index contributed by atoms with van der Waals surface area (Å²) in [5.74, 6) is 0.838. The number of allylic oxidation sites excluding steroid dienone is 1. The van der Waals surface area contributed by atoms with E-state index < -0.39 is 0 Å². The van der Waals surface area contributed by atoms with Gasteiger partial charge in [-0.2, -0.15) is 0 Å². The van der Waals surface area contributed by atoms with Crippen LogP contribution in [0.2, 0.25) is 0 Å². The minimum Gasteiger partial charge on any atom is -0.294 e. The van der Waals surface area contributed by atoms with Gasteiger partial charge in [-0.3, -0.25) is 9.55 Å². The Kier molecular flexibility index (Phi) is 6.47. The molecule has 4 heterocycles. The standard InChI is InChI=1S/C44H30N4/c1-3-11-40-32(4-2)34-14-5-6-17-41(34)48(40)42-18-10-16-36(47-42)31-26-38(46-39(27-31)37-15-7-8-25-45-37)33-23-21-30-20-19-28-12-9-13-29-22-24-35(33)44(30)43(28)29/h3-27H,2H2,1H3/b11-3-. The van der Waals surface area contributed by atoms with Gasteiger partial charge in [0.05, 0.1) is 34.0 Å². The summed E-state index contributed by atoms with van der Waals surface area (Å²) in [5.41, 5.74) is 8.64. The third-order valence-corrected chi connectivity index (χ3v) is 9.30. The van der Waals surface area contributed by atoms with Crippen molar-refractivity contribution in [2.75, 3.05) is 0 Å². The van der Waals surface area contributed by atoms with Crippen molar-refractivity contribution in [1.29, 1.82) is 0 Å². The maximum atomic E-state index is 5.30. The van der Waals surface area contributed by atoms with Gasteiger partial charge in [-0.1, -0.05) is 104 Å². The highest BCUT2D eigenvalue weighted by molar-refractivity contribution is 6.25. The maximum absolute atomic E-state index is 5.30. The highest BCUT2D eigenvalue weighted by atomic mass is 15.1. The summed E-state index contributed by atoms with van der Waals surface area (Å²) < 4.78 is 2.22. The molecule has 0 fully saturated rings. The van der Waals surface area contributed by atoms with Crippen LogP contribution < -0.4 is 0 Å². The van der Waals surface area contributed by atoms with E-state index in [0.29, 0.717) is 0 Å². The van der Waals surface area contributed by atoms with Crippen molar-refractivity contribution in [3.63, 3.8) is 0 Å². The number of benzene rings is 5. The molecule has 0 bridgehead atoms. The summed E-state index contributed by atoms with van der Waals surface area (Å²) in [6, 6.07) is 44.7. The summed E-state index contributed by atoms with van der Waals surface area (Å²) in [7, 11) is 0. The second-order valence-electron chi connectivity index (χ2n) is 12.0. The predicted molar refractivity (Wildman–Crippen MR) is 201 cm³/mol. The van der Waals surface area contributed by atoms with Crippen LogP contribution in [0.5, 0.6) is 0 Å². The van der Waals surface area contributed by atoms with Gasteiger partial charge < -0.3 is 0 Å². The average Bonchev–Trinajstić information content (AvgIpc) is 3.47. The number of nitrogens with zero attached hydrogens (tertiary/aromatic N) is 4. The summed E-state index contributed by atoms with van der Waals surface area (Å²) in [5, 5.41) is 8.60. The molecule has 4 heteroatoms. The smallest absolute Gasteiger partial charge is 0.138 e. The topological polar surface area (TPSA) is 43.6 Å². The first-order valence-corrected chi connectivity index (χ1v) is 16.2. The van der Waals surface area contributed by atoms with Gasteiger partial charge in [0.25, 0.3) is 0 Å². The first-order valence-electron chi connectivity index (χ1n) is 16.2. The predicted octanol–water partition coefficient (Wildman–Crippen LogP) is 11.4. The van der Waals surface area contributed by atoms with Crippen molar-refractivity contribution in [1.82, 2.24) is 19.5 Å². The molecule has 0 spiro atoms. The van der Waals surface area contributed by atoms with Gasteiger partial charge in [0, 0.05) is 28.3 Å². The second-order valence-corrected chi connectivity index (χ2v) is 12.0. The van der Waals surface area contributed by atoms with Gasteiger partial charge in [0.1, 0.15) is 5.82 Å². The van der Waals surface area contributed by atoms with E-state index in [9.17, 15) is 0 Å². The minimum atomic E-state index is 0.802. The summed E-state index contributed by atoms with van der Waals surface area (Å²) in [4.78, 5) is 15.2. The molecule has 226 valence electrons. The van der Waals surface area contributed by atoms with Crippen molar-refractivity contribution in [3.05, 3.63) is 158 Å². The van der Waals surface area contributed by atoms with Crippen LogP contribution in [0.15, 0.2) is 146 Å². The van der Waals surface area contributed by atoms with E-state index in [-0.39, 0.29) is 0 Å². The Hall–Kier alpha value is -6.39. The van der Waals surface area contributed by atoms with Crippen LogP contribution in [0.3, 0.4) is 0 Å². The van der Waals surface area contributed by atoms with Crippen LogP contribution in [0.25, 0.3) is 95.1 Å². The number of pyridine rings is 3. The van der Waals surface area contributed by atoms with Crippen molar-refractivity contribution in [3.8, 4) is 39.7 Å². The first-order chi connectivity index (χ1) is 23.7. The summed E-state index contributed by atoms with van der Waals surface area (Å²) >= 11 is 0. The lowest BCUT2D eigenvalue weighted by Gasteiger charge is -2.15. The van der Waals surface area contributed by atoms with Crippen LogP contribution >= 0.6 is 0 Å². The summed E-state index contributed by atoms with van der Waals surface area (Å²) in [6.45, 7) is 6.18. The van der Waals surface area contributed by atoms with Crippen molar-refractivity contribution in [2.24, 2.45) is 0 Å².